The minimum absolute atomic E-state index is 0.0322. The Kier molecular flexibility index (Phi) is 19.7. The molecular formula is C54H63F3N12O9S. The molecule has 0 unspecified atom stereocenters. The van der Waals surface area contributed by atoms with Gasteiger partial charge < -0.3 is 51.5 Å². The van der Waals surface area contributed by atoms with Gasteiger partial charge in [0.2, 0.25) is 23.6 Å². The Bertz CT molecular complexity index is 3080. The molecule has 0 bridgehead atoms. The molecule has 1 aliphatic rings. The molecule has 3 atom stereocenters. The van der Waals surface area contributed by atoms with Crippen LogP contribution in [0.2, 0.25) is 0 Å². The maximum Gasteiger partial charge on any atom is 0.405 e. The van der Waals surface area contributed by atoms with E-state index in [1.807, 2.05) is 52.0 Å². The van der Waals surface area contributed by atoms with E-state index in [0.29, 0.717) is 24.4 Å². The summed E-state index contributed by atoms with van der Waals surface area (Å²) in [4.78, 5) is 93.5. The normalized spacial score (nSPS) is 14.9. The molecule has 0 saturated carbocycles. The number of nitrogens with zero attached hydrogens (tertiary/aromatic N) is 6. The number of anilines is 2. The fraction of sp³-hybridized carbons (Fsp3) is 0.407. The van der Waals surface area contributed by atoms with Crippen molar-refractivity contribution >= 4 is 58.3 Å². The smallest absolute Gasteiger partial charge is 0.405 e. The van der Waals surface area contributed by atoms with Crippen LogP contribution in [0, 0.1) is 12.3 Å². The second-order valence-electron chi connectivity index (χ2n) is 20.0. The Morgan fingerprint density at radius 3 is 2.32 bits per heavy atom. The third-order valence-electron chi connectivity index (χ3n) is 12.7. The number of halogens is 3. The van der Waals surface area contributed by atoms with Crippen LogP contribution >= 0.6 is 11.3 Å². The molecule has 25 heteroatoms. The van der Waals surface area contributed by atoms with Gasteiger partial charge in [0.15, 0.2) is 11.4 Å². The van der Waals surface area contributed by atoms with Crippen molar-refractivity contribution < 1.29 is 56.2 Å². The molecule has 6 amide bonds. The second-order valence-corrected chi connectivity index (χ2v) is 20.9. The van der Waals surface area contributed by atoms with Crippen LogP contribution in [0.4, 0.5) is 24.7 Å². The van der Waals surface area contributed by atoms with Crippen LogP contribution in [-0.2, 0) is 25.7 Å². The molecule has 0 aliphatic carbocycles. The average molecular weight is 1110 g/mol. The first-order chi connectivity index (χ1) is 37.6. The number of rotatable bonds is 25. The van der Waals surface area contributed by atoms with Gasteiger partial charge in [-0.15, -0.1) is 11.3 Å². The first kappa shape index (κ1) is 58.6. The molecule has 21 nitrogen and oxygen atoms in total. The minimum Gasteiger partial charge on any atom is -0.444 e. The molecule has 1 aliphatic heterocycles. The van der Waals surface area contributed by atoms with Gasteiger partial charge in [-0.25, -0.2) is 19.6 Å². The summed E-state index contributed by atoms with van der Waals surface area (Å²) >= 11 is 1.56. The lowest BCUT2D eigenvalue weighted by Gasteiger charge is -2.35. The standard InChI is InChI=1S/C54H63F3N12O9S/c1-32-45(79-31-63-32)34-13-11-33(12-14-34)25-61-50(75)41-24-38(70)26-68(41)52(76)46(53(2,3)4)66-43(71)29-77-22-10-8-6-5-7-9-20-60-48(73)35-15-17-37(18-16-35)69-27-39(44(67-69)47(58)72)64-49(74)40-28-78-51(65-40)36-19-21-59-42(23-36)62-30-54(55,56)57/h11-19,21,23,27-28,31,38,41,46,70H,5-10,20,22,24-26,29-30H2,1-4H3,(H2,58,72)(H,59,62)(H,60,73)(H,61,75)(H,64,74)(H,66,71)/t38-,41+,46-/m1/s1. The van der Waals surface area contributed by atoms with Crippen LogP contribution in [0.3, 0.4) is 0 Å². The largest absolute Gasteiger partial charge is 0.444 e. The fourth-order valence-corrected chi connectivity index (χ4v) is 9.39. The van der Waals surface area contributed by atoms with Crippen LogP contribution in [0.5, 0.6) is 0 Å². The molecule has 8 N–H and O–H groups in total. The number of aliphatic hydroxyl groups excluding tert-OH is 1. The van der Waals surface area contributed by atoms with E-state index in [2.05, 4.69) is 46.6 Å². The number of likely N-dealkylation sites (tertiary alicyclic amines) is 1. The number of aliphatic hydroxyl groups is 1. The Hall–Kier alpha value is -8.03. The van der Waals surface area contributed by atoms with Crippen molar-refractivity contribution in [2.75, 3.05) is 43.5 Å². The number of aromatic nitrogens is 5. The predicted molar refractivity (Wildman–Crippen MR) is 287 cm³/mol. The van der Waals surface area contributed by atoms with Gasteiger partial charge in [0, 0.05) is 50.0 Å². The SMILES string of the molecule is Cc1ncsc1-c1ccc(CNC(=O)[C@@H]2C[C@@H](O)CN2C(=O)[C@@H](NC(=O)COCCCCCCCCNC(=O)c2ccc(-n3cc(NC(=O)c4coc(-c5ccnc(NCC(F)(F)F)c5)n4)c(C(N)=O)n3)cc2)C(C)(C)C)cc1. The number of β-amino-alcohol motifs (C(OH)–C–C–N with tert-alkyl or cyclic N) is 1. The molecule has 1 fully saturated rings. The predicted octanol–water partition coefficient (Wildman–Crippen LogP) is 6.58. The zero-order valence-electron chi connectivity index (χ0n) is 44.0. The van der Waals surface area contributed by atoms with E-state index >= 15 is 0 Å². The summed E-state index contributed by atoms with van der Waals surface area (Å²) in [6, 6.07) is 15.0. The van der Waals surface area contributed by atoms with Gasteiger partial charge in [0.25, 0.3) is 17.7 Å². The third-order valence-corrected chi connectivity index (χ3v) is 13.7. The molecule has 0 radical (unpaired) electrons. The number of nitrogens with two attached hydrogens (primary N) is 1. The Morgan fingerprint density at radius 2 is 1.63 bits per heavy atom. The summed E-state index contributed by atoms with van der Waals surface area (Å²) in [6.45, 7) is 6.87. The van der Waals surface area contributed by atoms with Crippen LogP contribution in [0.1, 0.15) is 108 Å². The number of primary amides is 1. The molecular weight excluding hydrogens is 1050 g/mol. The third kappa shape index (κ3) is 16.5. The van der Waals surface area contributed by atoms with Crippen molar-refractivity contribution in [3.05, 3.63) is 113 Å². The van der Waals surface area contributed by atoms with Crippen LogP contribution in [-0.4, -0.2) is 127 Å². The van der Waals surface area contributed by atoms with E-state index in [1.54, 1.807) is 41.1 Å². The first-order valence-corrected chi connectivity index (χ1v) is 26.5. The monoisotopic (exact) mass is 1110 g/mol. The molecule has 1 saturated heterocycles. The Balaban J connectivity index is 0.770. The van der Waals surface area contributed by atoms with E-state index in [0.717, 1.165) is 66.5 Å². The summed E-state index contributed by atoms with van der Waals surface area (Å²) in [5.41, 5.74) is 10.1. The van der Waals surface area contributed by atoms with E-state index in [4.69, 9.17) is 14.9 Å². The first-order valence-electron chi connectivity index (χ1n) is 25.6. The maximum absolute atomic E-state index is 14.0. The highest BCUT2D eigenvalue weighted by Gasteiger charge is 2.44. The number of amides is 6. The number of aryl methyl sites for hydroxylation is 1. The van der Waals surface area contributed by atoms with Gasteiger partial charge in [0.05, 0.1) is 39.8 Å². The average Bonchev–Trinajstić information content (AvgIpc) is 4.29. The fourth-order valence-electron chi connectivity index (χ4n) is 8.58. The van der Waals surface area contributed by atoms with Crippen LogP contribution in [0.15, 0.2) is 89.2 Å². The number of unbranched alkanes of at least 4 members (excludes halogenated alkanes) is 5. The van der Waals surface area contributed by atoms with E-state index in [1.165, 1.54) is 34.1 Å². The van der Waals surface area contributed by atoms with Gasteiger partial charge in [-0.3, -0.25) is 28.8 Å². The van der Waals surface area contributed by atoms with Crippen molar-refractivity contribution in [3.63, 3.8) is 0 Å². The molecule has 4 aromatic heterocycles. The van der Waals surface area contributed by atoms with Crippen LogP contribution in [0.25, 0.3) is 27.6 Å². The highest BCUT2D eigenvalue weighted by Crippen LogP contribution is 2.29. The van der Waals surface area contributed by atoms with Gasteiger partial charge in [-0.1, -0.05) is 70.7 Å². The minimum atomic E-state index is -4.47. The maximum atomic E-state index is 14.0. The van der Waals surface area contributed by atoms with Crippen LogP contribution < -0.4 is 32.3 Å². The number of hydrogen-bond donors (Lipinski definition) is 7. The number of ether oxygens (including phenoxy) is 1. The summed E-state index contributed by atoms with van der Waals surface area (Å²) in [5.74, 6) is -3.48. The number of hydrogen-bond acceptors (Lipinski definition) is 15. The zero-order chi connectivity index (χ0) is 56.9. The lowest BCUT2D eigenvalue weighted by molar-refractivity contribution is -0.144. The quantitative estimate of drug-likeness (QED) is 0.0298. The van der Waals surface area contributed by atoms with Gasteiger partial charge >= 0.3 is 6.18 Å². The number of benzene rings is 2. The molecule has 6 aromatic rings. The van der Waals surface area contributed by atoms with Crippen molar-refractivity contribution in [2.24, 2.45) is 11.1 Å². The van der Waals surface area contributed by atoms with Crippen molar-refractivity contribution in [2.45, 2.75) is 104 Å². The molecule has 5 heterocycles. The Morgan fingerprint density at radius 1 is 0.911 bits per heavy atom. The van der Waals surface area contributed by atoms with E-state index in [9.17, 15) is 47.0 Å². The number of pyridine rings is 1. The van der Waals surface area contributed by atoms with E-state index < -0.39 is 60.0 Å². The zero-order valence-corrected chi connectivity index (χ0v) is 44.8. The topological polar surface area (TPSA) is 291 Å². The second kappa shape index (κ2) is 26.5. The number of alkyl halides is 3. The number of thiazole rings is 1. The number of carbonyl (C=O) groups is 6. The molecule has 0 spiro atoms. The summed E-state index contributed by atoms with van der Waals surface area (Å²) in [7, 11) is 0. The summed E-state index contributed by atoms with van der Waals surface area (Å²) in [5, 5.41) is 28.1. The lowest BCUT2D eigenvalue weighted by atomic mass is 9.85. The number of nitrogens with one attached hydrogen (secondary N) is 5. The highest BCUT2D eigenvalue weighted by atomic mass is 32.1. The molecule has 2 aromatic carbocycles. The Labute approximate surface area is 457 Å². The van der Waals surface area contributed by atoms with Gasteiger partial charge in [-0.2, -0.15) is 18.3 Å². The lowest BCUT2D eigenvalue weighted by Crippen LogP contribution is -2.58. The summed E-state index contributed by atoms with van der Waals surface area (Å²) in [6.07, 6.45) is 3.42. The van der Waals surface area contributed by atoms with Crippen molar-refractivity contribution in [1.82, 2.24) is 45.6 Å². The van der Waals surface area contributed by atoms with Crippen molar-refractivity contribution in [3.8, 4) is 27.6 Å². The van der Waals surface area contributed by atoms with Crippen molar-refractivity contribution in [1.29, 1.82) is 0 Å². The molecule has 420 valence electrons. The molecule has 7 rings (SSSR count). The van der Waals surface area contributed by atoms with Gasteiger partial charge in [-0.05, 0) is 72.7 Å². The number of carbonyl (C=O) groups excluding carboxylic acids is 6. The number of oxazole rings is 1. The molecule has 79 heavy (non-hydrogen) atoms. The van der Waals surface area contributed by atoms with Gasteiger partial charge in [0.1, 0.15) is 37.3 Å². The van der Waals surface area contributed by atoms with E-state index in [-0.39, 0.29) is 72.3 Å². The summed E-state index contributed by atoms with van der Waals surface area (Å²) < 4.78 is 50.3. The highest BCUT2D eigenvalue weighted by molar-refractivity contribution is 7.13.